The largest absolute Gasteiger partial charge is 0.479 e. The van der Waals surface area contributed by atoms with Crippen molar-refractivity contribution in [3.8, 4) is 0 Å². The van der Waals surface area contributed by atoms with Gasteiger partial charge in [0, 0.05) is 19.1 Å². The standard InChI is InChI=1S/C11H22N2O2.C7H16N2.C4H8O3/c1-11(2,15)10(14)13(4)9-5-7-12(3)8-6-9;1-8-7-3-5-9(2)6-4-7;1-4(2,7)3(5)6/h9,15H,5-8H2,1-4H3;7-8H,3-6H2,1-2H3;7H,1-2H3,(H,5,6). The molecule has 31 heavy (non-hydrogen) atoms. The Labute approximate surface area is 188 Å². The van der Waals surface area contributed by atoms with Crippen molar-refractivity contribution >= 4 is 11.9 Å². The van der Waals surface area contributed by atoms with Crippen molar-refractivity contribution in [1.29, 1.82) is 0 Å². The molecular weight excluding hydrogens is 400 g/mol. The molecule has 0 spiro atoms. The summed E-state index contributed by atoms with van der Waals surface area (Å²) >= 11 is 0. The van der Waals surface area contributed by atoms with Crippen LogP contribution in [0.2, 0.25) is 0 Å². The van der Waals surface area contributed by atoms with Crippen molar-refractivity contribution in [2.24, 2.45) is 0 Å². The van der Waals surface area contributed by atoms with E-state index in [4.69, 9.17) is 10.2 Å². The zero-order valence-corrected chi connectivity index (χ0v) is 20.8. The summed E-state index contributed by atoms with van der Waals surface area (Å²) in [6, 6.07) is 1.06. The molecule has 2 aliphatic heterocycles. The first kappa shape index (κ1) is 29.7. The molecule has 0 aromatic carbocycles. The summed E-state index contributed by atoms with van der Waals surface area (Å²) in [4.78, 5) is 27.9. The lowest BCUT2D eigenvalue weighted by atomic mass is 10.0. The SMILES string of the molecule is CC(C)(O)C(=O)O.CN1CCC(N(C)C(=O)C(C)(C)O)CC1.CNC1CCN(C)CC1. The number of carbonyl (C=O) groups excluding carboxylic acids is 1. The van der Waals surface area contributed by atoms with Crippen LogP contribution in [0.15, 0.2) is 0 Å². The maximum atomic E-state index is 11.8. The summed E-state index contributed by atoms with van der Waals surface area (Å²) in [6.45, 7) is 10.1. The second kappa shape index (κ2) is 13.3. The van der Waals surface area contributed by atoms with Crippen molar-refractivity contribution < 1.29 is 24.9 Å². The molecule has 2 fully saturated rings. The Kier molecular flexibility index (Phi) is 12.8. The average molecular weight is 447 g/mol. The number of rotatable bonds is 4. The molecule has 9 nitrogen and oxygen atoms in total. The number of nitrogens with zero attached hydrogens (tertiary/aromatic N) is 3. The van der Waals surface area contributed by atoms with E-state index in [0.29, 0.717) is 0 Å². The molecule has 0 aromatic rings. The number of carboxylic acids is 1. The topological polar surface area (TPSA) is 117 Å². The predicted molar refractivity (Wildman–Crippen MR) is 123 cm³/mol. The third-order valence-corrected chi connectivity index (χ3v) is 5.73. The highest BCUT2D eigenvalue weighted by Crippen LogP contribution is 2.17. The van der Waals surface area contributed by atoms with E-state index in [2.05, 4.69) is 36.3 Å². The van der Waals surface area contributed by atoms with Gasteiger partial charge in [0.25, 0.3) is 5.91 Å². The number of carbonyl (C=O) groups is 2. The molecule has 2 saturated heterocycles. The number of amides is 1. The van der Waals surface area contributed by atoms with Crippen molar-refractivity contribution in [3.63, 3.8) is 0 Å². The molecular formula is C22H46N4O5. The molecule has 184 valence electrons. The molecule has 2 aliphatic rings. The number of hydrogen-bond acceptors (Lipinski definition) is 7. The van der Waals surface area contributed by atoms with Gasteiger partial charge in [-0.1, -0.05) is 0 Å². The number of aliphatic hydroxyl groups is 2. The normalized spacial score (nSPS) is 19.5. The van der Waals surface area contributed by atoms with Crippen molar-refractivity contribution in [1.82, 2.24) is 20.0 Å². The molecule has 0 aliphatic carbocycles. The smallest absolute Gasteiger partial charge is 0.335 e. The van der Waals surface area contributed by atoms with Gasteiger partial charge in [-0.15, -0.1) is 0 Å². The third-order valence-electron chi connectivity index (χ3n) is 5.73. The summed E-state index contributed by atoms with van der Waals surface area (Å²) in [5, 5.41) is 29.4. The summed E-state index contributed by atoms with van der Waals surface area (Å²) in [6.07, 6.45) is 4.61. The van der Waals surface area contributed by atoms with Gasteiger partial charge in [0.05, 0.1) is 0 Å². The molecule has 2 rings (SSSR count). The molecule has 1 amide bonds. The Hall–Kier alpha value is -1.26. The van der Waals surface area contributed by atoms with Gasteiger partial charge in [-0.25, -0.2) is 4.79 Å². The number of likely N-dealkylation sites (tertiary alicyclic amines) is 2. The zero-order valence-electron chi connectivity index (χ0n) is 20.8. The van der Waals surface area contributed by atoms with Crippen LogP contribution in [0.1, 0.15) is 53.4 Å². The number of carboxylic acid groups (broad SMARTS) is 1. The lowest BCUT2D eigenvalue weighted by Crippen LogP contribution is -2.50. The van der Waals surface area contributed by atoms with Gasteiger partial charge in [0.15, 0.2) is 5.60 Å². The van der Waals surface area contributed by atoms with Gasteiger partial charge >= 0.3 is 5.97 Å². The number of likely N-dealkylation sites (N-methyl/N-ethyl adjacent to an activating group) is 1. The van der Waals surface area contributed by atoms with E-state index in [1.165, 1.54) is 39.8 Å². The highest BCUT2D eigenvalue weighted by molar-refractivity contribution is 5.84. The first-order valence-electron chi connectivity index (χ1n) is 11.1. The van der Waals surface area contributed by atoms with Gasteiger partial charge in [0.1, 0.15) is 5.60 Å². The first-order chi connectivity index (χ1) is 14.1. The fourth-order valence-corrected chi connectivity index (χ4v) is 3.28. The molecule has 2 heterocycles. The molecule has 0 aromatic heterocycles. The van der Waals surface area contributed by atoms with Crippen LogP contribution < -0.4 is 5.32 Å². The first-order valence-corrected chi connectivity index (χ1v) is 11.1. The minimum absolute atomic E-state index is 0.183. The average Bonchev–Trinajstić information content (AvgIpc) is 2.67. The lowest BCUT2D eigenvalue weighted by Gasteiger charge is -2.37. The summed E-state index contributed by atoms with van der Waals surface area (Å²) in [5.74, 6) is -1.38. The van der Waals surface area contributed by atoms with E-state index in [1.54, 1.807) is 25.8 Å². The number of hydrogen-bond donors (Lipinski definition) is 4. The Bertz CT molecular complexity index is 529. The van der Waals surface area contributed by atoms with E-state index in [0.717, 1.165) is 32.0 Å². The highest BCUT2D eigenvalue weighted by atomic mass is 16.4. The van der Waals surface area contributed by atoms with E-state index in [1.807, 2.05) is 0 Å². The quantitative estimate of drug-likeness (QED) is 0.492. The van der Waals surface area contributed by atoms with Crippen LogP contribution in [0.4, 0.5) is 0 Å². The van der Waals surface area contributed by atoms with Crippen LogP contribution in [-0.4, -0.2) is 120 Å². The van der Waals surface area contributed by atoms with E-state index >= 15 is 0 Å². The zero-order chi connectivity index (χ0) is 24.4. The lowest BCUT2D eigenvalue weighted by molar-refractivity contribution is -0.154. The number of nitrogens with one attached hydrogen (secondary N) is 1. The van der Waals surface area contributed by atoms with Crippen LogP contribution in [0.3, 0.4) is 0 Å². The summed E-state index contributed by atoms with van der Waals surface area (Å²) in [7, 11) is 8.12. The number of piperidine rings is 2. The minimum Gasteiger partial charge on any atom is -0.479 e. The molecule has 0 saturated carbocycles. The fraction of sp³-hybridized carbons (Fsp3) is 0.909. The van der Waals surface area contributed by atoms with Crippen molar-refractivity contribution in [2.75, 3.05) is 54.4 Å². The maximum Gasteiger partial charge on any atom is 0.335 e. The van der Waals surface area contributed by atoms with Gasteiger partial charge in [-0.3, -0.25) is 4.79 Å². The van der Waals surface area contributed by atoms with Crippen LogP contribution in [0.25, 0.3) is 0 Å². The van der Waals surface area contributed by atoms with E-state index in [9.17, 15) is 14.7 Å². The summed E-state index contributed by atoms with van der Waals surface area (Å²) < 4.78 is 0. The second-order valence-electron chi connectivity index (χ2n) is 9.74. The van der Waals surface area contributed by atoms with Crippen molar-refractivity contribution in [2.45, 2.75) is 76.7 Å². The van der Waals surface area contributed by atoms with E-state index in [-0.39, 0.29) is 11.9 Å². The Morgan fingerprint density at radius 1 is 0.871 bits per heavy atom. The van der Waals surface area contributed by atoms with Gasteiger partial charge in [0.2, 0.25) is 0 Å². The van der Waals surface area contributed by atoms with Crippen LogP contribution in [-0.2, 0) is 9.59 Å². The monoisotopic (exact) mass is 446 g/mol. The molecule has 4 N–H and O–H groups in total. The van der Waals surface area contributed by atoms with Crippen LogP contribution in [0.5, 0.6) is 0 Å². The van der Waals surface area contributed by atoms with Crippen LogP contribution in [0, 0.1) is 0 Å². The van der Waals surface area contributed by atoms with Gasteiger partial charge < -0.3 is 35.3 Å². The Morgan fingerprint density at radius 3 is 1.52 bits per heavy atom. The minimum atomic E-state index is -1.58. The second-order valence-corrected chi connectivity index (χ2v) is 9.74. The van der Waals surface area contributed by atoms with E-state index < -0.39 is 17.2 Å². The molecule has 0 atom stereocenters. The fourth-order valence-electron chi connectivity index (χ4n) is 3.28. The predicted octanol–water partition coefficient (Wildman–Crippen LogP) is 0.452. The van der Waals surface area contributed by atoms with Gasteiger partial charge in [-0.2, -0.15) is 0 Å². The Morgan fingerprint density at radius 2 is 1.23 bits per heavy atom. The van der Waals surface area contributed by atoms with Gasteiger partial charge in [-0.05, 0) is 101 Å². The molecule has 0 bridgehead atoms. The third kappa shape index (κ3) is 12.4. The summed E-state index contributed by atoms with van der Waals surface area (Å²) in [5.41, 5.74) is -2.84. The Balaban J connectivity index is 0.000000479. The molecule has 0 unspecified atom stereocenters. The maximum absolute atomic E-state index is 11.8. The van der Waals surface area contributed by atoms with Crippen LogP contribution >= 0.6 is 0 Å². The molecule has 0 radical (unpaired) electrons. The number of aliphatic carboxylic acids is 1. The molecule has 9 heteroatoms. The highest BCUT2D eigenvalue weighted by Gasteiger charge is 2.32. The van der Waals surface area contributed by atoms with Crippen molar-refractivity contribution in [3.05, 3.63) is 0 Å².